The molecule has 3 heterocycles. The molecule has 0 bridgehead atoms. The lowest BCUT2D eigenvalue weighted by atomic mass is 10.1. The van der Waals surface area contributed by atoms with E-state index >= 15 is 0 Å². The molecule has 4 rings (SSSR count). The van der Waals surface area contributed by atoms with E-state index in [1.54, 1.807) is 33.2 Å². The summed E-state index contributed by atoms with van der Waals surface area (Å²) in [5.74, 6) is 0.460. The second-order valence-corrected chi connectivity index (χ2v) is 7.85. The first-order valence-corrected chi connectivity index (χ1v) is 9.60. The van der Waals surface area contributed by atoms with Gasteiger partial charge in [-0.1, -0.05) is 0 Å². The van der Waals surface area contributed by atoms with E-state index in [1.807, 2.05) is 12.1 Å². The number of aromatic hydroxyl groups is 1. The Labute approximate surface area is 153 Å². The second kappa shape index (κ2) is 6.50. The molecule has 0 unspecified atom stereocenters. The summed E-state index contributed by atoms with van der Waals surface area (Å²) in [6.07, 6.45) is 0. The van der Waals surface area contributed by atoms with Gasteiger partial charge in [-0.05, 0) is 36.8 Å². The average molecular weight is 372 g/mol. The maximum atomic E-state index is 12.6. The molecule has 3 aromatic rings. The predicted octanol–water partition coefficient (Wildman–Crippen LogP) is 3.92. The first kappa shape index (κ1) is 16.1. The van der Waals surface area contributed by atoms with Gasteiger partial charge < -0.3 is 14.7 Å². The highest BCUT2D eigenvalue weighted by Crippen LogP contribution is 2.39. The van der Waals surface area contributed by atoms with Gasteiger partial charge in [0.05, 0.1) is 12.1 Å². The van der Waals surface area contributed by atoms with Crippen LogP contribution in [0, 0.1) is 6.92 Å². The number of fused-ring (bicyclic) bond motifs is 1. The third-order valence-corrected chi connectivity index (χ3v) is 5.71. The molecule has 1 N–H and O–H groups in total. The lowest BCUT2D eigenvalue weighted by Gasteiger charge is -2.18. The molecule has 128 valence electrons. The normalized spacial score (nSPS) is 13.9. The molecule has 2 aromatic heterocycles. The summed E-state index contributed by atoms with van der Waals surface area (Å²) in [5, 5.41) is 12.2. The molecule has 0 atom stereocenters. The number of rotatable bonds is 2. The highest BCUT2D eigenvalue weighted by molar-refractivity contribution is 7.15. The molecule has 0 saturated heterocycles. The molecule has 1 aromatic carbocycles. The first-order chi connectivity index (χ1) is 12.1. The second-order valence-electron chi connectivity index (χ2n) is 5.84. The van der Waals surface area contributed by atoms with Crippen molar-refractivity contribution in [2.45, 2.75) is 13.5 Å². The molecule has 1 aliphatic heterocycles. The molecule has 0 saturated carbocycles. The monoisotopic (exact) mass is 372 g/mol. The van der Waals surface area contributed by atoms with E-state index in [0.29, 0.717) is 31.1 Å². The Hall–Kier alpha value is -2.38. The van der Waals surface area contributed by atoms with Crippen LogP contribution in [0.2, 0.25) is 0 Å². The van der Waals surface area contributed by atoms with Crippen molar-refractivity contribution in [1.82, 2.24) is 9.88 Å². The number of nitrogens with zero attached hydrogens (tertiary/aromatic N) is 2. The van der Waals surface area contributed by atoms with E-state index in [2.05, 4.69) is 18.0 Å². The smallest absolute Gasteiger partial charge is 0.273 e. The Morgan fingerprint density at radius 3 is 2.96 bits per heavy atom. The minimum absolute atomic E-state index is 0.113. The van der Waals surface area contributed by atoms with Crippen molar-refractivity contribution in [2.24, 2.45) is 0 Å². The zero-order valence-corrected chi connectivity index (χ0v) is 15.2. The summed E-state index contributed by atoms with van der Waals surface area (Å²) in [6.45, 7) is 3.23. The van der Waals surface area contributed by atoms with E-state index in [-0.39, 0.29) is 11.7 Å². The van der Waals surface area contributed by atoms with E-state index in [0.717, 1.165) is 16.0 Å². The molecule has 0 fully saturated rings. The number of amides is 1. The van der Waals surface area contributed by atoms with Gasteiger partial charge in [-0.2, -0.15) is 0 Å². The SMILES string of the molecule is Cc1ccc(-c2cc(O)c3c(c2)CN(C(=O)c2cscn2)CCO3)s1. The molecule has 0 aliphatic carbocycles. The molecule has 1 amide bonds. The molecule has 7 heteroatoms. The number of aromatic nitrogens is 1. The van der Waals surface area contributed by atoms with Crippen LogP contribution in [-0.2, 0) is 6.54 Å². The van der Waals surface area contributed by atoms with Crippen LogP contribution in [-0.4, -0.2) is 34.0 Å². The standard InChI is InChI=1S/C18H16N2O3S2/c1-11-2-3-16(25-11)12-6-13-8-20(18(22)14-9-24-10-19-14)4-5-23-17(13)15(21)7-12/h2-3,6-7,9-10,21H,4-5,8H2,1H3. The Morgan fingerprint density at radius 1 is 1.36 bits per heavy atom. The van der Waals surface area contributed by atoms with E-state index in [9.17, 15) is 9.90 Å². The quantitative estimate of drug-likeness (QED) is 0.741. The molecule has 25 heavy (non-hydrogen) atoms. The topological polar surface area (TPSA) is 62.7 Å². The predicted molar refractivity (Wildman–Crippen MR) is 98.5 cm³/mol. The minimum atomic E-state index is -0.116. The number of carbonyl (C=O) groups excluding carboxylic acids is 1. The zero-order chi connectivity index (χ0) is 17.4. The van der Waals surface area contributed by atoms with Crippen molar-refractivity contribution in [3.63, 3.8) is 0 Å². The summed E-state index contributed by atoms with van der Waals surface area (Å²) >= 11 is 3.07. The van der Waals surface area contributed by atoms with Gasteiger partial charge in [0.1, 0.15) is 12.3 Å². The first-order valence-electron chi connectivity index (χ1n) is 7.85. The van der Waals surface area contributed by atoms with Crippen LogP contribution in [0.5, 0.6) is 11.5 Å². The Kier molecular flexibility index (Phi) is 4.19. The molecular formula is C18H16N2O3S2. The van der Waals surface area contributed by atoms with Crippen LogP contribution < -0.4 is 4.74 Å². The fraction of sp³-hybridized carbons (Fsp3) is 0.222. The molecule has 5 nitrogen and oxygen atoms in total. The summed E-state index contributed by atoms with van der Waals surface area (Å²) in [4.78, 5) is 20.7. The van der Waals surface area contributed by atoms with Gasteiger partial charge in [0.2, 0.25) is 0 Å². The van der Waals surface area contributed by atoms with Gasteiger partial charge in [0.15, 0.2) is 11.5 Å². The van der Waals surface area contributed by atoms with Crippen molar-refractivity contribution in [2.75, 3.05) is 13.2 Å². The number of phenols is 1. The molecular weight excluding hydrogens is 356 g/mol. The largest absolute Gasteiger partial charge is 0.504 e. The lowest BCUT2D eigenvalue weighted by Crippen LogP contribution is -2.32. The third-order valence-electron chi connectivity index (χ3n) is 4.08. The Bertz CT molecular complexity index is 919. The minimum Gasteiger partial charge on any atom is -0.504 e. The van der Waals surface area contributed by atoms with Crippen LogP contribution in [0.3, 0.4) is 0 Å². The van der Waals surface area contributed by atoms with Crippen molar-refractivity contribution in [1.29, 1.82) is 0 Å². The number of hydrogen-bond donors (Lipinski definition) is 1. The number of hydrogen-bond acceptors (Lipinski definition) is 6. The lowest BCUT2D eigenvalue weighted by molar-refractivity contribution is 0.0728. The van der Waals surface area contributed by atoms with Crippen LogP contribution in [0.25, 0.3) is 10.4 Å². The number of thiazole rings is 1. The number of ether oxygens (including phenoxy) is 1. The van der Waals surface area contributed by atoms with Gasteiger partial charge >= 0.3 is 0 Å². The Balaban J connectivity index is 1.70. The van der Waals surface area contributed by atoms with Gasteiger partial charge in [-0.25, -0.2) is 4.98 Å². The summed E-state index contributed by atoms with van der Waals surface area (Å²) in [7, 11) is 0. The van der Waals surface area contributed by atoms with Crippen LogP contribution in [0.15, 0.2) is 35.2 Å². The van der Waals surface area contributed by atoms with Crippen molar-refractivity contribution < 1.29 is 14.6 Å². The van der Waals surface area contributed by atoms with E-state index < -0.39 is 0 Å². The number of carbonyl (C=O) groups is 1. The van der Waals surface area contributed by atoms with Crippen LogP contribution in [0.4, 0.5) is 0 Å². The highest BCUT2D eigenvalue weighted by Gasteiger charge is 2.24. The molecule has 0 radical (unpaired) electrons. The van der Waals surface area contributed by atoms with E-state index in [1.165, 1.54) is 16.2 Å². The number of phenolic OH excluding ortho intramolecular Hbond substituents is 1. The number of benzene rings is 1. The molecule has 0 spiro atoms. The fourth-order valence-corrected chi connectivity index (χ4v) is 4.26. The van der Waals surface area contributed by atoms with Crippen molar-refractivity contribution in [3.8, 4) is 21.9 Å². The van der Waals surface area contributed by atoms with Crippen molar-refractivity contribution in [3.05, 3.63) is 51.3 Å². The van der Waals surface area contributed by atoms with Gasteiger partial charge in [-0.15, -0.1) is 22.7 Å². The van der Waals surface area contributed by atoms with Crippen molar-refractivity contribution >= 4 is 28.6 Å². The zero-order valence-electron chi connectivity index (χ0n) is 13.6. The molecule has 1 aliphatic rings. The number of aryl methyl sites for hydroxylation is 1. The summed E-state index contributed by atoms with van der Waals surface area (Å²) < 4.78 is 5.71. The van der Waals surface area contributed by atoms with Crippen LogP contribution >= 0.6 is 22.7 Å². The number of thiophene rings is 1. The highest BCUT2D eigenvalue weighted by atomic mass is 32.1. The summed E-state index contributed by atoms with van der Waals surface area (Å²) in [5.41, 5.74) is 3.84. The summed E-state index contributed by atoms with van der Waals surface area (Å²) in [6, 6.07) is 7.81. The van der Waals surface area contributed by atoms with Gasteiger partial charge in [0.25, 0.3) is 5.91 Å². The third kappa shape index (κ3) is 3.12. The van der Waals surface area contributed by atoms with Crippen LogP contribution in [0.1, 0.15) is 20.9 Å². The average Bonchev–Trinajstić information content (AvgIpc) is 3.22. The Morgan fingerprint density at radius 2 is 2.24 bits per heavy atom. The van der Waals surface area contributed by atoms with E-state index in [4.69, 9.17) is 4.74 Å². The fourth-order valence-electron chi connectivity index (χ4n) is 2.88. The van der Waals surface area contributed by atoms with Gasteiger partial charge in [0, 0.05) is 27.2 Å². The van der Waals surface area contributed by atoms with Gasteiger partial charge in [-0.3, -0.25) is 4.79 Å². The maximum absolute atomic E-state index is 12.6. The maximum Gasteiger partial charge on any atom is 0.273 e.